The van der Waals surface area contributed by atoms with Gasteiger partial charge in [0.2, 0.25) is 5.95 Å². The van der Waals surface area contributed by atoms with Gasteiger partial charge in [-0.1, -0.05) is 0 Å². The lowest BCUT2D eigenvalue weighted by Gasteiger charge is -2.22. The molecule has 2 heterocycles. The average Bonchev–Trinajstić information content (AvgIpc) is 2.90. The van der Waals surface area contributed by atoms with E-state index in [9.17, 15) is 4.79 Å². The van der Waals surface area contributed by atoms with Crippen molar-refractivity contribution in [3.63, 3.8) is 0 Å². The molecule has 2 rings (SSSR count). The van der Waals surface area contributed by atoms with Gasteiger partial charge in [0.1, 0.15) is 11.9 Å². The van der Waals surface area contributed by atoms with Crippen LogP contribution in [0.5, 0.6) is 0 Å². The molecule has 0 fully saturated rings. The Kier molecular flexibility index (Phi) is 3.32. The number of aromatic nitrogens is 4. The van der Waals surface area contributed by atoms with Crippen LogP contribution in [0.1, 0.15) is 6.92 Å². The Morgan fingerprint density at radius 2 is 2.26 bits per heavy atom. The Morgan fingerprint density at radius 1 is 1.53 bits per heavy atom. The van der Waals surface area contributed by atoms with Gasteiger partial charge in [-0.2, -0.15) is 15.1 Å². The zero-order chi connectivity index (χ0) is 14.0. The first-order chi connectivity index (χ1) is 8.99. The molecule has 0 saturated carbocycles. The van der Waals surface area contributed by atoms with Crippen LogP contribution in [0.25, 0.3) is 5.82 Å². The van der Waals surface area contributed by atoms with Crippen molar-refractivity contribution >= 4 is 17.7 Å². The van der Waals surface area contributed by atoms with Crippen LogP contribution in [0.4, 0.5) is 11.8 Å². The van der Waals surface area contributed by atoms with Crippen LogP contribution in [0.3, 0.4) is 0 Å². The molecular formula is C11H14N6O2. The largest absolute Gasteiger partial charge is 0.480 e. The van der Waals surface area contributed by atoms with E-state index in [0.717, 1.165) is 0 Å². The highest BCUT2D eigenvalue weighted by Gasteiger charge is 2.19. The Labute approximate surface area is 109 Å². The standard InChI is InChI=1S/C11H14N6O2/c1-7(10(18)19)16(2)8-6-9(15-11(12)14-8)17-5-3-4-13-17/h3-7H,1-2H3,(H,18,19)(H2,12,14,15). The molecule has 1 atom stereocenters. The Balaban J connectivity index is 2.39. The number of carbonyl (C=O) groups is 1. The minimum Gasteiger partial charge on any atom is -0.480 e. The van der Waals surface area contributed by atoms with Crippen LogP contribution in [-0.4, -0.2) is 43.9 Å². The Morgan fingerprint density at radius 3 is 2.84 bits per heavy atom. The summed E-state index contributed by atoms with van der Waals surface area (Å²) in [5.41, 5.74) is 5.64. The van der Waals surface area contributed by atoms with Crippen molar-refractivity contribution < 1.29 is 9.90 Å². The lowest BCUT2D eigenvalue weighted by molar-refractivity contribution is -0.138. The SMILES string of the molecule is CC(C(=O)O)N(C)c1cc(-n2cccn2)nc(N)n1. The number of hydrogen-bond donors (Lipinski definition) is 2. The van der Waals surface area contributed by atoms with E-state index < -0.39 is 12.0 Å². The molecule has 2 aromatic rings. The number of carboxylic acid groups (broad SMARTS) is 1. The molecule has 0 amide bonds. The molecule has 8 heteroatoms. The monoisotopic (exact) mass is 262 g/mol. The number of rotatable bonds is 4. The number of nitrogen functional groups attached to an aromatic ring is 1. The van der Waals surface area contributed by atoms with Crippen molar-refractivity contribution in [2.75, 3.05) is 17.7 Å². The first kappa shape index (κ1) is 12.8. The van der Waals surface area contributed by atoms with Crippen LogP contribution in [0.2, 0.25) is 0 Å². The Hall–Kier alpha value is -2.64. The third-order valence-corrected chi connectivity index (χ3v) is 2.76. The first-order valence-corrected chi connectivity index (χ1v) is 5.59. The fourth-order valence-electron chi connectivity index (χ4n) is 1.51. The molecule has 0 aromatic carbocycles. The van der Waals surface area contributed by atoms with Gasteiger partial charge in [0.05, 0.1) is 0 Å². The second kappa shape index (κ2) is 4.92. The van der Waals surface area contributed by atoms with Crippen LogP contribution < -0.4 is 10.6 Å². The molecule has 0 saturated heterocycles. The molecule has 0 aliphatic rings. The van der Waals surface area contributed by atoms with Crippen molar-refractivity contribution in [3.05, 3.63) is 24.5 Å². The van der Waals surface area contributed by atoms with Crippen molar-refractivity contribution in [3.8, 4) is 5.82 Å². The number of carboxylic acids is 1. The highest BCUT2D eigenvalue weighted by molar-refractivity contribution is 5.77. The highest BCUT2D eigenvalue weighted by atomic mass is 16.4. The van der Waals surface area contributed by atoms with Crippen LogP contribution in [0, 0.1) is 0 Å². The van der Waals surface area contributed by atoms with E-state index in [0.29, 0.717) is 11.6 Å². The minimum absolute atomic E-state index is 0.0624. The van der Waals surface area contributed by atoms with Gasteiger partial charge in [0, 0.05) is 25.5 Å². The van der Waals surface area contributed by atoms with E-state index in [4.69, 9.17) is 10.8 Å². The fourth-order valence-corrected chi connectivity index (χ4v) is 1.51. The van der Waals surface area contributed by atoms with E-state index in [1.54, 1.807) is 38.5 Å². The third-order valence-electron chi connectivity index (χ3n) is 2.76. The predicted molar refractivity (Wildman–Crippen MR) is 69.1 cm³/mol. The maximum absolute atomic E-state index is 11.0. The lowest BCUT2D eigenvalue weighted by atomic mass is 10.3. The van der Waals surface area contributed by atoms with Gasteiger partial charge < -0.3 is 15.7 Å². The summed E-state index contributed by atoms with van der Waals surface area (Å²) in [6.07, 6.45) is 3.33. The van der Waals surface area contributed by atoms with Crippen LogP contribution in [-0.2, 0) is 4.79 Å². The lowest BCUT2D eigenvalue weighted by Crippen LogP contribution is -2.36. The van der Waals surface area contributed by atoms with Crippen molar-refractivity contribution in [2.24, 2.45) is 0 Å². The fraction of sp³-hybridized carbons (Fsp3) is 0.273. The molecule has 100 valence electrons. The predicted octanol–water partition coefficient (Wildman–Crippen LogP) is 0.154. The second-order valence-electron chi connectivity index (χ2n) is 4.02. The van der Waals surface area contributed by atoms with Crippen molar-refractivity contribution in [2.45, 2.75) is 13.0 Å². The maximum Gasteiger partial charge on any atom is 0.326 e. The number of hydrogen-bond acceptors (Lipinski definition) is 6. The van der Waals surface area contributed by atoms with E-state index in [1.165, 1.54) is 9.58 Å². The minimum atomic E-state index is -0.944. The van der Waals surface area contributed by atoms with E-state index >= 15 is 0 Å². The first-order valence-electron chi connectivity index (χ1n) is 5.59. The van der Waals surface area contributed by atoms with E-state index in [2.05, 4.69) is 15.1 Å². The Bertz CT molecular complexity index is 583. The van der Waals surface area contributed by atoms with Gasteiger partial charge in [-0.15, -0.1) is 0 Å². The number of likely N-dealkylation sites (N-methyl/N-ethyl adjacent to an activating group) is 1. The number of anilines is 2. The van der Waals surface area contributed by atoms with Gasteiger partial charge in [-0.05, 0) is 13.0 Å². The summed E-state index contributed by atoms with van der Waals surface area (Å²) in [4.78, 5) is 20.6. The summed E-state index contributed by atoms with van der Waals surface area (Å²) in [7, 11) is 1.63. The van der Waals surface area contributed by atoms with Gasteiger partial charge >= 0.3 is 5.97 Å². The number of nitrogens with zero attached hydrogens (tertiary/aromatic N) is 5. The molecule has 2 aromatic heterocycles. The summed E-state index contributed by atoms with van der Waals surface area (Å²) < 4.78 is 1.53. The van der Waals surface area contributed by atoms with E-state index in [-0.39, 0.29) is 5.95 Å². The molecule has 0 aliphatic carbocycles. The summed E-state index contributed by atoms with van der Waals surface area (Å²) >= 11 is 0. The molecule has 8 nitrogen and oxygen atoms in total. The molecule has 0 bridgehead atoms. The summed E-state index contributed by atoms with van der Waals surface area (Å²) in [5.74, 6) is 0.0256. The van der Waals surface area contributed by atoms with Gasteiger partial charge in [0.15, 0.2) is 5.82 Å². The van der Waals surface area contributed by atoms with Crippen molar-refractivity contribution in [1.29, 1.82) is 0 Å². The average molecular weight is 262 g/mol. The number of nitrogens with two attached hydrogens (primary N) is 1. The second-order valence-corrected chi connectivity index (χ2v) is 4.02. The molecule has 1 unspecified atom stereocenters. The van der Waals surface area contributed by atoms with Gasteiger partial charge in [0.25, 0.3) is 0 Å². The maximum atomic E-state index is 11.0. The van der Waals surface area contributed by atoms with E-state index in [1.807, 2.05) is 0 Å². The van der Waals surface area contributed by atoms with Gasteiger partial charge in [-0.3, -0.25) is 0 Å². The quantitative estimate of drug-likeness (QED) is 0.807. The topological polar surface area (TPSA) is 110 Å². The van der Waals surface area contributed by atoms with Gasteiger partial charge in [-0.25, -0.2) is 9.48 Å². The number of aliphatic carboxylic acids is 1. The molecule has 0 radical (unpaired) electrons. The third kappa shape index (κ3) is 2.62. The summed E-state index contributed by atoms with van der Waals surface area (Å²) in [6.45, 7) is 1.56. The van der Waals surface area contributed by atoms with Crippen molar-refractivity contribution in [1.82, 2.24) is 19.7 Å². The molecule has 19 heavy (non-hydrogen) atoms. The zero-order valence-electron chi connectivity index (χ0n) is 10.6. The smallest absolute Gasteiger partial charge is 0.326 e. The summed E-state index contributed by atoms with van der Waals surface area (Å²) in [5, 5.41) is 13.0. The van der Waals surface area contributed by atoms with Crippen LogP contribution >= 0.6 is 0 Å². The summed E-state index contributed by atoms with van der Waals surface area (Å²) in [6, 6.07) is 2.66. The zero-order valence-corrected chi connectivity index (χ0v) is 10.6. The molecular weight excluding hydrogens is 248 g/mol. The van der Waals surface area contributed by atoms with Crippen LogP contribution in [0.15, 0.2) is 24.5 Å². The molecule has 3 N–H and O–H groups in total. The molecule has 0 aliphatic heterocycles. The molecule has 0 spiro atoms. The highest BCUT2D eigenvalue weighted by Crippen LogP contribution is 2.17. The normalized spacial score (nSPS) is 12.1.